The number of hydrogen-bond donors (Lipinski definition) is 2. The predicted octanol–water partition coefficient (Wildman–Crippen LogP) is 0.970. The maximum Gasteiger partial charge on any atom is 0.354 e. The van der Waals surface area contributed by atoms with Gasteiger partial charge in [-0.05, 0) is 18.2 Å². The van der Waals surface area contributed by atoms with E-state index in [1.165, 1.54) is 20.3 Å². The Hall–Kier alpha value is -3.82. The monoisotopic (exact) mass is 392 g/mol. The molecule has 1 rings (SSSR count). The van der Waals surface area contributed by atoms with Crippen LogP contribution in [0.3, 0.4) is 0 Å². The number of ether oxygens (including phenoxy) is 4. The summed E-state index contributed by atoms with van der Waals surface area (Å²) in [4.78, 5) is 46.5. The average Bonchev–Trinajstić information content (AvgIpc) is 2.71. The highest BCUT2D eigenvalue weighted by molar-refractivity contribution is 6.00. The fourth-order valence-corrected chi connectivity index (χ4v) is 1.85. The maximum absolute atomic E-state index is 11.8. The van der Waals surface area contributed by atoms with Crippen molar-refractivity contribution in [2.45, 2.75) is 0 Å². The van der Waals surface area contributed by atoms with Gasteiger partial charge in [0.2, 0.25) is 0 Å². The molecule has 0 aliphatic rings. The SMILES string of the molecule is COC(=O)/C=C(/Nc1cccc(N/C(=C/C(=O)OC)C(=O)OC)c1)C(=O)OC. The first-order valence-electron chi connectivity index (χ1n) is 7.74. The van der Waals surface area contributed by atoms with Crippen LogP contribution in [0.2, 0.25) is 0 Å². The highest BCUT2D eigenvalue weighted by atomic mass is 16.5. The van der Waals surface area contributed by atoms with Crippen LogP contribution < -0.4 is 10.6 Å². The first kappa shape index (κ1) is 22.2. The standard InChI is InChI=1S/C18H20N2O8/c1-25-15(21)9-13(17(23)27-3)19-11-6-5-7-12(8-11)20-14(18(24)28-4)10-16(22)26-2/h5-10,19-20H,1-4H3/b13-9+,14-10+. The van der Waals surface area contributed by atoms with E-state index in [1.807, 2.05) is 0 Å². The van der Waals surface area contributed by atoms with Crippen LogP contribution >= 0.6 is 0 Å². The maximum atomic E-state index is 11.8. The smallest absolute Gasteiger partial charge is 0.354 e. The van der Waals surface area contributed by atoms with Gasteiger partial charge in [-0.1, -0.05) is 6.07 Å². The van der Waals surface area contributed by atoms with E-state index in [1.54, 1.807) is 18.2 Å². The van der Waals surface area contributed by atoms with Crippen molar-refractivity contribution in [2.75, 3.05) is 39.1 Å². The van der Waals surface area contributed by atoms with Crippen LogP contribution in [-0.2, 0) is 38.1 Å². The zero-order chi connectivity index (χ0) is 21.1. The van der Waals surface area contributed by atoms with E-state index in [9.17, 15) is 19.2 Å². The van der Waals surface area contributed by atoms with Crippen LogP contribution in [0.25, 0.3) is 0 Å². The van der Waals surface area contributed by atoms with Crippen LogP contribution in [0.4, 0.5) is 11.4 Å². The molecule has 0 unspecified atom stereocenters. The van der Waals surface area contributed by atoms with Crippen LogP contribution in [0, 0.1) is 0 Å². The quantitative estimate of drug-likeness (QED) is 0.375. The molecule has 0 amide bonds. The Kier molecular flexibility index (Phi) is 8.74. The summed E-state index contributed by atoms with van der Waals surface area (Å²) in [5.41, 5.74) is 0.440. The predicted molar refractivity (Wildman–Crippen MR) is 97.9 cm³/mol. The van der Waals surface area contributed by atoms with Gasteiger partial charge in [0.15, 0.2) is 0 Å². The summed E-state index contributed by atoms with van der Waals surface area (Å²) in [7, 11) is 4.65. The lowest BCUT2D eigenvalue weighted by atomic mass is 10.2. The fourth-order valence-electron chi connectivity index (χ4n) is 1.85. The van der Waals surface area contributed by atoms with Crippen molar-refractivity contribution in [2.24, 2.45) is 0 Å². The number of benzene rings is 1. The lowest BCUT2D eigenvalue weighted by Crippen LogP contribution is -2.16. The molecule has 150 valence electrons. The van der Waals surface area contributed by atoms with Crippen LogP contribution in [-0.4, -0.2) is 52.3 Å². The van der Waals surface area contributed by atoms with Gasteiger partial charge in [0, 0.05) is 11.4 Å². The molecule has 1 aromatic rings. The molecular weight excluding hydrogens is 372 g/mol. The third-order valence-corrected chi connectivity index (χ3v) is 3.16. The lowest BCUT2D eigenvalue weighted by Gasteiger charge is -2.12. The van der Waals surface area contributed by atoms with Crippen molar-refractivity contribution >= 4 is 35.3 Å². The average molecular weight is 392 g/mol. The molecule has 0 saturated heterocycles. The van der Waals surface area contributed by atoms with Gasteiger partial charge in [0.1, 0.15) is 11.4 Å². The molecule has 0 radical (unpaired) electrons. The topological polar surface area (TPSA) is 129 Å². The van der Waals surface area contributed by atoms with Gasteiger partial charge >= 0.3 is 23.9 Å². The van der Waals surface area contributed by atoms with Crippen molar-refractivity contribution in [3.05, 3.63) is 47.8 Å². The summed E-state index contributed by atoms with van der Waals surface area (Å²) in [5.74, 6) is -3.08. The number of carbonyl (C=O) groups excluding carboxylic acids is 4. The van der Waals surface area contributed by atoms with Gasteiger partial charge in [-0.2, -0.15) is 0 Å². The Balaban J connectivity index is 3.13. The number of methoxy groups -OCH3 is 4. The molecule has 10 heteroatoms. The first-order valence-corrected chi connectivity index (χ1v) is 7.74. The summed E-state index contributed by atoms with van der Waals surface area (Å²) in [6.07, 6.45) is 1.87. The van der Waals surface area contributed by atoms with E-state index in [-0.39, 0.29) is 11.4 Å². The molecule has 0 aliphatic heterocycles. The Morgan fingerprint density at radius 3 is 1.43 bits per heavy atom. The van der Waals surface area contributed by atoms with E-state index in [4.69, 9.17) is 0 Å². The second-order valence-corrected chi connectivity index (χ2v) is 4.98. The Bertz CT molecular complexity index is 750. The van der Waals surface area contributed by atoms with Crippen molar-refractivity contribution in [1.82, 2.24) is 0 Å². The molecule has 0 saturated carbocycles. The van der Waals surface area contributed by atoms with Crippen LogP contribution in [0.5, 0.6) is 0 Å². The number of carbonyl (C=O) groups is 4. The van der Waals surface area contributed by atoms with E-state index in [0.717, 1.165) is 26.4 Å². The largest absolute Gasteiger partial charge is 0.466 e. The molecule has 0 bridgehead atoms. The second kappa shape index (κ2) is 11.0. The van der Waals surface area contributed by atoms with Crippen molar-refractivity contribution in [3.8, 4) is 0 Å². The number of anilines is 2. The number of rotatable bonds is 8. The molecule has 0 aromatic heterocycles. The molecule has 0 atom stereocenters. The minimum absolute atomic E-state index is 0.162. The molecule has 2 N–H and O–H groups in total. The van der Waals surface area contributed by atoms with E-state index >= 15 is 0 Å². The van der Waals surface area contributed by atoms with Gasteiger partial charge < -0.3 is 29.6 Å². The molecule has 0 fully saturated rings. The lowest BCUT2D eigenvalue weighted by molar-refractivity contribution is -0.138. The zero-order valence-electron chi connectivity index (χ0n) is 15.7. The number of hydrogen-bond acceptors (Lipinski definition) is 10. The Labute approximate surface area is 161 Å². The van der Waals surface area contributed by atoms with Gasteiger partial charge in [0.25, 0.3) is 0 Å². The summed E-state index contributed by atoms with van der Waals surface area (Å²) >= 11 is 0. The molecule has 10 nitrogen and oxygen atoms in total. The van der Waals surface area contributed by atoms with Crippen LogP contribution in [0.15, 0.2) is 47.8 Å². The first-order chi connectivity index (χ1) is 13.3. The third-order valence-electron chi connectivity index (χ3n) is 3.16. The number of esters is 4. The van der Waals surface area contributed by atoms with Crippen molar-refractivity contribution in [3.63, 3.8) is 0 Å². The summed E-state index contributed by atoms with van der Waals surface area (Å²) in [5, 5.41) is 5.44. The van der Waals surface area contributed by atoms with E-state index in [0.29, 0.717) is 11.4 Å². The summed E-state index contributed by atoms with van der Waals surface area (Å²) in [6, 6.07) is 6.31. The van der Waals surface area contributed by atoms with Crippen molar-refractivity contribution < 1.29 is 38.1 Å². The second-order valence-electron chi connectivity index (χ2n) is 4.98. The summed E-state index contributed by atoms with van der Waals surface area (Å²) in [6.45, 7) is 0. The van der Waals surface area contributed by atoms with E-state index in [2.05, 4.69) is 29.6 Å². The zero-order valence-corrected chi connectivity index (χ0v) is 15.7. The molecule has 1 aromatic carbocycles. The van der Waals surface area contributed by atoms with Gasteiger partial charge in [-0.15, -0.1) is 0 Å². The van der Waals surface area contributed by atoms with E-state index < -0.39 is 23.9 Å². The minimum Gasteiger partial charge on any atom is -0.466 e. The van der Waals surface area contributed by atoms with Gasteiger partial charge in [-0.25, -0.2) is 19.2 Å². The van der Waals surface area contributed by atoms with Crippen molar-refractivity contribution in [1.29, 1.82) is 0 Å². The number of nitrogens with one attached hydrogen (secondary N) is 2. The Morgan fingerprint density at radius 2 is 1.11 bits per heavy atom. The molecule has 28 heavy (non-hydrogen) atoms. The highest BCUT2D eigenvalue weighted by Crippen LogP contribution is 2.19. The molecule has 0 heterocycles. The van der Waals surface area contributed by atoms with Crippen LogP contribution in [0.1, 0.15) is 0 Å². The fraction of sp³-hybridized carbons (Fsp3) is 0.222. The normalized spacial score (nSPS) is 11.1. The van der Waals surface area contributed by atoms with Gasteiger partial charge in [-0.3, -0.25) is 0 Å². The highest BCUT2D eigenvalue weighted by Gasteiger charge is 2.15. The molecule has 0 aliphatic carbocycles. The Morgan fingerprint density at radius 1 is 0.714 bits per heavy atom. The summed E-state index contributed by atoms with van der Waals surface area (Å²) < 4.78 is 18.2. The van der Waals surface area contributed by atoms with Gasteiger partial charge in [0.05, 0.1) is 40.6 Å². The molecule has 0 spiro atoms. The third kappa shape index (κ3) is 6.83. The molecular formula is C18H20N2O8. The minimum atomic E-state index is -0.787.